The molecule has 0 N–H and O–H groups in total. The minimum absolute atomic E-state index is 0.228. The number of nitrogens with zero attached hydrogens (tertiary/aromatic N) is 4. The summed E-state index contributed by atoms with van der Waals surface area (Å²) >= 11 is 3.23. The molecule has 1 saturated heterocycles. The SMILES string of the molecule is CC1CC(C)CN(C(=O)CSc2nnc(-c3cccs3)n2C2CC2)C1. The van der Waals surface area contributed by atoms with Crippen molar-refractivity contribution in [3.8, 4) is 10.7 Å². The first-order valence-corrected chi connectivity index (χ1v) is 10.9. The Hall–Kier alpha value is -1.34. The van der Waals surface area contributed by atoms with Gasteiger partial charge >= 0.3 is 0 Å². The number of amides is 1. The minimum atomic E-state index is 0.228. The van der Waals surface area contributed by atoms with Crippen molar-refractivity contribution < 1.29 is 4.79 Å². The molecule has 2 unspecified atom stereocenters. The smallest absolute Gasteiger partial charge is 0.233 e. The molecule has 3 heterocycles. The van der Waals surface area contributed by atoms with Crippen LogP contribution >= 0.6 is 23.1 Å². The molecule has 2 aromatic heterocycles. The van der Waals surface area contributed by atoms with Crippen molar-refractivity contribution >= 4 is 29.0 Å². The van der Waals surface area contributed by atoms with Crippen LogP contribution in [0.25, 0.3) is 10.7 Å². The van der Waals surface area contributed by atoms with E-state index < -0.39 is 0 Å². The maximum Gasteiger partial charge on any atom is 0.233 e. The lowest BCUT2D eigenvalue weighted by Crippen LogP contribution is -2.43. The lowest BCUT2D eigenvalue weighted by molar-refractivity contribution is -0.130. The standard InChI is InChI=1S/C18H24N4OS2/c1-12-8-13(2)10-21(9-12)16(23)11-25-18-20-19-17(15-4-3-7-24-15)22(18)14-5-6-14/h3-4,7,12-14H,5-6,8-11H2,1-2H3. The number of carbonyl (C=O) groups excluding carboxylic acids is 1. The Bertz CT molecular complexity index is 728. The third-order valence-electron chi connectivity index (χ3n) is 4.86. The van der Waals surface area contributed by atoms with E-state index in [1.165, 1.54) is 19.3 Å². The number of thiophene rings is 1. The molecule has 1 amide bonds. The number of carbonyl (C=O) groups is 1. The van der Waals surface area contributed by atoms with Gasteiger partial charge in [-0.15, -0.1) is 21.5 Å². The van der Waals surface area contributed by atoms with Crippen molar-refractivity contribution in [2.45, 2.75) is 44.3 Å². The average Bonchev–Trinajstić information content (AvgIpc) is 3.10. The van der Waals surface area contributed by atoms with E-state index in [0.29, 0.717) is 23.6 Å². The monoisotopic (exact) mass is 376 g/mol. The van der Waals surface area contributed by atoms with Crippen LogP contribution in [0.2, 0.25) is 0 Å². The second kappa shape index (κ2) is 7.11. The molecule has 5 nitrogen and oxygen atoms in total. The highest BCUT2D eigenvalue weighted by Gasteiger charge is 2.31. The molecule has 25 heavy (non-hydrogen) atoms. The first-order chi connectivity index (χ1) is 12.1. The van der Waals surface area contributed by atoms with Crippen LogP contribution in [0.1, 0.15) is 39.2 Å². The molecule has 4 rings (SSSR count). The topological polar surface area (TPSA) is 51.0 Å². The molecule has 2 aliphatic rings. The first-order valence-electron chi connectivity index (χ1n) is 9.01. The maximum absolute atomic E-state index is 12.6. The zero-order valence-electron chi connectivity index (χ0n) is 14.7. The van der Waals surface area contributed by atoms with Gasteiger partial charge in [-0.25, -0.2) is 0 Å². The fraction of sp³-hybridized carbons (Fsp3) is 0.611. The summed E-state index contributed by atoms with van der Waals surface area (Å²) in [5, 5.41) is 11.8. The van der Waals surface area contributed by atoms with Crippen LogP contribution in [0.3, 0.4) is 0 Å². The van der Waals surface area contributed by atoms with Crippen LogP contribution in [-0.2, 0) is 4.79 Å². The molecule has 0 spiro atoms. The largest absolute Gasteiger partial charge is 0.341 e. The fourth-order valence-electron chi connectivity index (χ4n) is 3.70. The van der Waals surface area contributed by atoms with Gasteiger partial charge in [0.15, 0.2) is 11.0 Å². The summed E-state index contributed by atoms with van der Waals surface area (Å²) in [5.41, 5.74) is 0. The summed E-state index contributed by atoms with van der Waals surface area (Å²) in [4.78, 5) is 15.8. The van der Waals surface area contributed by atoms with E-state index in [9.17, 15) is 4.79 Å². The van der Waals surface area contributed by atoms with E-state index in [2.05, 4.69) is 40.1 Å². The zero-order valence-corrected chi connectivity index (χ0v) is 16.4. The fourth-order valence-corrected chi connectivity index (χ4v) is 5.31. The molecule has 0 bridgehead atoms. The number of hydrogen-bond acceptors (Lipinski definition) is 5. The molecule has 2 atom stereocenters. The van der Waals surface area contributed by atoms with Crippen LogP contribution in [-0.4, -0.2) is 44.4 Å². The van der Waals surface area contributed by atoms with Gasteiger partial charge in [-0.2, -0.15) is 0 Å². The molecule has 1 aliphatic carbocycles. The third kappa shape index (κ3) is 3.77. The number of thioether (sulfide) groups is 1. The predicted molar refractivity (Wildman–Crippen MR) is 102 cm³/mol. The van der Waals surface area contributed by atoms with Gasteiger partial charge in [-0.05, 0) is 42.5 Å². The number of aromatic nitrogens is 3. The summed E-state index contributed by atoms with van der Waals surface area (Å²) in [5.74, 6) is 2.82. The Morgan fingerprint density at radius 2 is 2.04 bits per heavy atom. The van der Waals surface area contributed by atoms with Crippen molar-refractivity contribution in [2.75, 3.05) is 18.8 Å². The van der Waals surface area contributed by atoms with Crippen molar-refractivity contribution in [3.63, 3.8) is 0 Å². The number of rotatable bonds is 5. The third-order valence-corrected chi connectivity index (χ3v) is 6.66. The molecular weight excluding hydrogens is 352 g/mol. The van der Waals surface area contributed by atoms with Gasteiger partial charge in [0, 0.05) is 19.1 Å². The highest BCUT2D eigenvalue weighted by molar-refractivity contribution is 7.99. The average molecular weight is 377 g/mol. The van der Waals surface area contributed by atoms with Gasteiger partial charge < -0.3 is 4.90 Å². The predicted octanol–water partition coefficient (Wildman–Crippen LogP) is 3.94. The summed E-state index contributed by atoms with van der Waals surface area (Å²) in [7, 11) is 0. The van der Waals surface area contributed by atoms with E-state index >= 15 is 0 Å². The van der Waals surface area contributed by atoms with Crippen LogP contribution in [0.15, 0.2) is 22.7 Å². The van der Waals surface area contributed by atoms with Gasteiger partial charge in [0.1, 0.15) is 0 Å². The van der Waals surface area contributed by atoms with E-state index in [-0.39, 0.29) is 5.91 Å². The Kier molecular flexibility index (Phi) is 4.86. The lowest BCUT2D eigenvalue weighted by Gasteiger charge is -2.34. The van der Waals surface area contributed by atoms with Crippen molar-refractivity contribution in [2.24, 2.45) is 11.8 Å². The molecule has 7 heteroatoms. The highest BCUT2D eigenvalue weighted by Crippen LogP contribution is 2.41. The van der Waals surface area contributed by atoms with Crippen LogP contribution in [0.4, 0.5) is 0 Å². The molecular formula is C18H24N4OS2. The van der Waals surface area contributed by atoms with Crippen molar-refractivity contribution in [1.29, 1.82) is 0 Å². The molecule has 134 valence electrons. The van der Waals surface area contributed by atoms with Crippen LogP contribution in [0, 0.1) is 11.8 Å². The maximum atomic E-state index is 12.6. The first kappa shape index (κ1) is 17.1. The van der Waals surface area contributed by atoms with E-state index in [4.69, 9.17) is 0 Å². The van der Waals surface area contributed by atoms with E-state index in [0.717, 1.165) is 28.9 Å². The number of hydrogen-bond donors (Lipinski definition) is 0. The van der Waals surface area contributed by atoms with Crippen molar-refractivity contribution in [1.82, 2.24) is 19.7 Å². The lowest BCUT2D eigenvalue weighted by atomic mass is 9.92. The summed E-state index contributed by atoms with van der Waals surface area (Å²) in [6.07, 6.45) is 3.58. The Balaban J connectivity index is 1.45. The molecule has 0 aromatic carbocycles. The summed E-state index contributed by atoms with van der Waals surface area (Å²) in [6.45, 7) is 6.25. The van der Waals surface area contributed by atoms with Crippen LogP contribution < -0.4 is 0 Å². The quantitative estimate of drug-likeness (QED) is 0.742. The minimum Gasteiger partial charge on any atom is -0.341 e. The molecule has 0 radical (unpaired) electrons. The van der Waals surface area contributed by atoms with Gasteiger partial charge in [0.25, 0.3) is 0 Å². The van der Waals surface area contributed by atoms with E-state index in [1.54, 1.807) is 23.1 Å². The summed E-state index contributed by atoms with van der Waals surface area (Å²) in [6, 6.07) is 4.63. The highest BCUT2D eigenvalue weighted by atomic mass is 32.2. The second-order valence-electron chi connectivity index (χ2n) is 7.42. The van der Waals surface area contributed by atoms with Crippen LogP contribution in [0.5, 0.6) is 0 Å². The zero-order chi connectivity index (χ0) is 17.4. The van der Waals surface area contributed by atoms with Gasteiger partial charge in [-0.3, -0.25) is 9.36 Å². The van der Waals surface area contributed by atoms with Gasteiger partial charge in [0.2, 0.25) is 5.91 Å². The molecule has 1 aliphatic heterocycles. The van der Waals surface area contributed by atoms with Crippen molar-refractivity contribution in [3.05, 3.63) is 17.5 Å². The van der Waals surface area contributed by atoms with Gasteiger partial charge in [0.05, 0.1) is 10.6 Å². The molecule has 1 saturated carbocycles. The number of piperidine rings is 1. The summed E-state index contributed by atoms with van der Waals surface area (Å²) < 4.78 is 2.24. The number of likely N-dealkylation sites (tertiary alicyclic amines) is 1. The van der Waals surface area contributed by atoms with Gasteiger partial charge in [-0.1, -0.05) is 31.7 Å². The normalized spacial score (nSPS) is 23.8. The second-order valence-corrected chi connectivity index (χ2v) is 9.31. The Morgan fingerprint density at radius 1 is 1.28 bits per heavy atom. The Morgan fingerprint density at radius 3 is 2.68 bits per heavy atom. The van der Waals surface area contributed by atoms with E-state index in [1.807, 2.05) is 11.0 Å². The Labute approximate surface area is 156 Å². The molecule has 2 aromatic rings. The molecule has 2 fully saturated rings.